The van der Waals surface area contributed by atoms with Crippen LogP contribution in [-0.2, 0) is 11.0 Å². The summed E-state index contributed by atoms with van der Waals surface area (Å²) in [5.41, 5.74) is 0. The highest BCUT2D eigenvalue weighted by Gasteiger charge is 2.16. The Hall–Kier alpha value is 0.0300. The Morgan fingerprint density at radius 3 is 2.58 bits per heavy atom. The van der Waals surface area contributed by atoms with Crippen molar-refractivity contribution in [2.75, 3.05) is 25.4 Å². The highest BCUT2D eigenvalue weighted by atomic mass is 32.2. The van der Waals surface area contributed by atoms with Crippen molar-refractivity contribution < 1.29 is 9.32 Å². The quantitative estimate of drug-likeness (QED) is 0.607. The van der Waals surface area contributed by atoms with Crippen molar-refractivity contribution in [3.8, 4) is 0 Å². The molecule has 1 saturated heterocycles. The van der Waals surface area contributed by atoms with Crippen LogP contribution in [0.2, 0.25) is 0 Å². The number of aliphatic hydroxyl groups excluding tert-OH is 1. The molecule has 1 aliphatic heterocycles. The van der Waals surface area contributed by atoms with Crippen LogP contribution in [0.15, 0.2) is 0 Å². The fraction of sp³-hybridized carbons (Fsp3) is 1.00. The number of nitrogens with two attached hydrogens (primary N) is 1. The van der Waals surface area contributed by atoms with Crippen LogP contribution in [-0.4, -0.2) is 45.7 Å². The molecule has 5 heteroatoms. The third kappa shape index (κ3) is 3.62. The van der Waals surface area contributed by atoms with E-state index in [-0.39, 0.29) is 6.10 Å². The molecule has 12 heavy (non-hydrogen) atoms. The molecule has 0 aromatic heterocycles. The van der Waals surface area contributed by atoms with Crippen LogP contribution >= 0.6 is 0 Å². The molecule has 4 nitrogen and oxygen atoms in total. The zero-order chi connectivity index (χ0) is 8.97. The Morgan fingerprint density at radius 1 is 1.50 bits per heavy atom. The molecule has 1 rings (SSSR count). The minimum atomic E-state index is -1.18. The average molecular weight is 192 g/mol. The molecule has 1 fully saturated rings. The maximum Gasteiger partial charge on any atom is 0.0900 e. The van der Waals surface area contributed by atoms with Crippen LogP contribution in [0.4, 0.5) is 0 Å². The topological polar surface area (TPSA) is 66.6 Å². The molecule has 0 saturated carbocycles. The summed E-state index contributed by atoms with van der Waals surface area (Å²) in [5.74, 6) is 0.538. The van der Waals surface area contributed by atoms with Crippen molar-refractivity contribution in [3.63, 3.8) is 0 Å². The van der Waals surface area contributed by atoms with Gasteiger partial charge in [-0.05, 0) is 12.8 Å². The first-order valence-corrected chi connectivity index (χ1v) is 5.60. The van der Waals surface area contributed by atoms with Crippen LogP contribution in [0, 0.1) is 0 Å². The van der Waals surface area contributed by atoms with Gasteiger partial charge in [0.1, 0.15) is 0 Å². The summed E-state index contributed by atoms with van der Waals surface area (Å²) in [4.78, 5) is 2.19. The van der Waals surface area contributed by atoms with Crippen LogP contribution in [0.25, 0.3) is 0 Å². The van der Waals surface area contributed by atoms with Crippen molar-refractivity contribution in [2.24, 2.45) is 5.14 Å². The van der Waals surface area contributed by atoms with Crippen LogP contribution in [0.3, 0.4) is 0 Å². The first kappa shape index (κ1) is 10.1. The van der Waals surface area contributed by atoms with Crippen molar-refractivity contribution in [1.29, 1.82) is 0 Å². The Labute approximate surface area is 75.3 Å². The second-order valence-electron chi connectivity index (χ2n) is 3.16. The number of hydrogen-bond acceptors (Lipinski definition) is 3. The lowest BCUT2D eigenvalue weighted by Crippen LogP contribution is -2.38. The van der Waals surface area contributed by atoms with Crippen molar-refractivity contribution >= 4 is 11.0 Å². The van der Waals surface area contributed by atoms with E-state index in [0.29, 0.717) is 5.75 Å². The average Bonchev–Trinajstić information content (AvgIpc) is 2.03. The Balaban J connectivity index is 2.13. The van der Waals surface area contributed by atoms with Gasteiger partial charge in [-0.1, -0.05) is 0 Å². The van der Waals surface area contributed by atoms with E-state index in [9.17, 15) is 9.32 Å². The molecule has 0 spiro atoms. The van der Waals surface area contributed by atoms with E-state index in [2.05, 4.69) is 4.90 Å². The largest absolute Gasteiger partial charge is 0.393 e. The smallest absolute Gasteiger partial charge is 0.0900 e. The van der Waals surface area contributed by atoms with Gasteiger partial charge in [-0.25, -0.2) is 4.21 Å². The summed E-state index contributed by atoms with van der Waals surface area (Å²) in [6.07, 6.45) is 1.53. The Morgan fingerprint density at radius 2 is 2.08 bits per heavy atom. The third-order valence-corrected chi connectivity index (χ3v) is 2.75. The molecular weight excluding hydrogens is 176 g/mol. The minimum absolute atomic E-state index is 0.135. The Bertz CT molecular complexity index is 157. The molecule has 0 radical (unpaired) electrons. The summed E-state index contributed by atoms with van der Waals surface area (Å²) >= 11 is 0. The zero-order valence-electron chi connectivity index (χ0n) is 7.11. The minimum Gasteiger partial charge on any atom is -0.393 e. The van der Waals surface area contributed by atoms with E-state index in [4.69, 9.17) is 5.14 Å². The molecule has 1 unspecified atom stereocenters. The van der Waals surface area contributed by atoms with Gasteiger partial charge in [-0.3, -0.25) is 5.14 Å². The zero-order valence-corrected chi connectivity index (χ0v) is 7.92. The fourth-order valence-electron chi connectivity index (χ4n) is 1.36. The summed E-state index contributed by atoms with van der Waals surface area (Å²) < 4.78 is 10.6. The molecule has 72 valence electrons. The third-order valence-electron chi connectivity index (χ3n) is 2.17. The van der Waals surface area contributed by atoms with E-state index < -0.39 is 11.0 Å². The molecule has 0 aromatic rings. The van der Waals surface area contributed by atoms with Gasteiger partial charge in [0.2, 0.25) is 0 Å². The molecule has 0 aromatic carbocycles. The molecular formula is C7H16N2O2S. The van der Waals surface area contributed by atoms with Gasteiger partial charge < -0.3 is 10.0 Å². The molecule has 1 atom stereocenters. The van der Waals surface area contributed by atoms with Gasteiger partial charge in [0.15, 0.2) is 0 Å². The van der Waals surface area contributed by atoms with E-state index >= 15 is 0 Å². The second kappa shape index (κ2) is 4.91. The summed E-state index contributed by atoms with van der Waals surface area (Å²) in [6, 6.07) is 0. The highest BCUT2D eigenvalue weighted by molar-refractivity contribution is 7.82. The predicted molar refractivity (Wildman–Crippen MR) is 48.9 cm³/mol. The number of piperidine rings is 1. The molecule has 1 aliphatic rings. The van der Waals surface area contributed by atoms with Crippen LogP contribution < -0.4 is 5.14 Å². The molecule has 3 N–H and O–H groups in total. The molecule has 1 heterocycles. The standard InChI is InChI=1S/C7H16N2O2S/c8-12(11)6-5-9-3-1-7(10)2-4-9/h7,10H,1-6,8H2. The lowest BCUT2D eigenvalue weighted by atomic mass is 10.1. The van der Waals surface area contributed by atoms with Gasteiger partial charge >= 0.3 is 0 Å². The van der Waals surface area contributed by atoms with Gasteiger partial charge in [0, 0.05) is 19.6 Å². The van der Waals surface area contributed by atoms with Gasteiger partial charge in [-0.2, -0.15) is 0 Å². The number of aliphatic hydroxyl groups is 1. The number of nitrogens with zero attached hydrogens (tertiary/aromatic N) is 1. The number of rotatable bonds is 3. The first-order chi connectivity index (χ1) is 5.68. The molecule has 0 bridgehead atoms. The lowest BCUT2D eigenvalue weighted by molar-refractivity contribution is 0.0856. The van der Waals surface area contributed by atoms with E-state index in [1.54, 1.807) is 0 Å². The molecule has 0 amide bonds. The highest BCUT2D eigenvalue weighted by Crippen LogP contribution is 2.08. The van der Waals surface area contributed by atoms with E-state index in [0.717, 1.165) is 32.5 Å². The van der Waals surface area contributed by atoms with Gasteiger partial charge in [0.25, 0.3) is 0 Å². The summed E-state index contributed by atoms with van der Waals surface area (Å²) in [7, 11) is -1.18. The van der Waals surface area contributed by atoms with Crippen molar-refractivity contribution in [3.05, 3.63) is 0 Å². The normalized spacial score (nSPS) is 24.2. The van der Waals surface area contributed by atoms with Crippen LogP contribution in [0.5, 0.6) is 0 Å². The lowest BCUT2D eigenvalue weighted by Gasteiger charge is -2.28. The summed E-state index contributed by atoms with van der Waals surface area (Å²) in [5, 5.41) is 14.3. The van der Waals surface area contributed by atoms with E-state index in [1.165, 1.54) is 0 Å². The van der Waals surface area contributed by atoms with Gasteiger partial charge in [-0.15, -0.1) is 0 Å². The monoisotopic (exact) mass is 192 g/mol. The SMILES string of the molecule is NS(=O)CCN1CCC(O)CC1. The second-order valence-corrected chi connectivity index (χ2v) is 4.33. The number of likely N-dealkylation sites (tertiary alicyclic amines) is 1. The summed E-state index contributed by atoms with van der Waals surface area (Å²) in [6.45, 7) is 2.59. The first-order valence-electron chi connectivity index (χ1n) is 4.21. The van der Waals surface area contributed by atoms with Crippen molar-refractivity contribution in [2.45, 2.75) is 18.9 Å². The van der Waals surface area contributed by atoms with E-state index in [1.807, 2.05) is 0 Å². The van der Waals surface area contributed by atoms with Crippen molar-refractivity contribution in [1.82, 2.24) is 4.90 Å². The maximum atomic E-state index is 10.6. The molecule has 0 aliphatic carbocycles. The van der Waals surface area contributed by atoms with Gasteiger partial charge in [0.05, 0.1) is 22.8 Å². The maximum absolute atomic E-state index is 10.6. The number of hydrogen-bond donors (Lipinski definition) is 2. The Kier molecular flexibility index (Phi) is 4.14. The fourth-order valence-corrected chi connectivity index (χ4v) is 1.80. The predicted octanol–water partition coefficient (Wildman–Crippen LogP) is -0.934. The van der Waals surface area contributed by atoms with Crippen LogP contribution in [0.1, 0.15) is 12.8 Å².